The van der Waals surface area contributed by atoms with Crippen molar-refractivity contribution in [1.82, 2.24) is 24.6 Å². The van der Waals surface area contributed by atoms with E-state index in [4.69, 9.17) is 9.15 Å². The minimum absolute atomic E-state index is 0.00661. The number of piperazine rings is 1. The maximum atomic E-state index is 12.9. The second kappa shape index (κ2) is 13.5. The largest absolute Gasteiger partial charge is 0.497 e. The smallest absolute Gasteiger partial charge is 0.227 e. The van der Waals surface area contributed by atoms with Crippen LogP contribution >= 0.6 is 11.8 Å². The van der Waals surface area contributed by atoms with Gasteiger partial charge in [-0.2, -0.15) is 0 Å². The van der Waals surface area contributed by atoms with Crippen LogP contribution in [0.5, 0.6) is 5.75 Å². The van der Waals surface area contributed by atoms with Crippen LogP contribution < -0.4 is 4.74 Å². The van der Waals surface area contributed by atoms with E-state index in [2.05, 4.69) is 10.2 Å². The van der Waals surface area contributed by atoms with Crippen molar-refractivity contribution in [3.8, 4) is 23.0 Å². The number of hydrogen-bond donors (Lipinski definition) is 0. The maximum absolute atomic E-state index is 12.9. The number of furan rings is 1. The number of nitrogens with zero attached hydrogens (tertiary/aromatic N) is 5. The molecule has 0 aliphatic carbocycles. The Kier molecular flexibility index (Phi) is 9.40. The first-order valence-electron chi connectivity index (χ1n) is 13.9. The molecule has 0 spiro atoms. The molecule has 1 unspecified atom stereocenters. The Hall–Kier alpha value is -4.05. The Bertz CT molecular complexity index is 1420. The first-order valence-corrected chi connectivity index (χ1v) is 14.9. The van der Waals surface area contributed by atoms with Gasteiger partial charge in [-0.25, -0.2) is 0 Å². The average Bonchev–Trinajstić information content (AvgIpc) is 3.68. The lowest BCUT2D eigenvalue weighted by molar-refractivity contribution is -0.142. The lowest BCUT2D eigenvalue weighted by atomic mass is 10.1. The van der Waals surface area contributed by atoms with Crippen LogP contribution in [0.2, 0.25) is 0 Å². The fourth-order valence-electron chi connectivity index (χ4n) is 5.02. The molecule has 0 bridgehead atoms. The molecule has 214 valence electrons. The van der Waals surface area contributed by atoms with Crippen LogP contribution in [0.1, 0.15) is 31.7 Å². The lowest BCUT2D eigenvalue weighted by Crippen LogP contribution is -2.55. The van der Waals surface area contributed by atoms with Crippen molar-refractivity contribution < 1.29 is 18.7 Å². The number of hydrogen-bond acceptors (Lipinski definition) is 7. The zero-order valence-corrected chi connectivity index (χ0v) is 24.3. The standard InChI is InChI=1S/C31H35N5O4S/c1-23-22-34(17-18-35(23)29(38)21-24-9-4-3-5-10-24)28(37)12-6-7-20-41-31-33-32-30(27-11-8-19-40-27)36(31)25-13-15-26(39-2)16-14-25/h3-5,8-11,13-16,19,23H,6-7,12,17-18,20-22H2,1-2H3. The minimum Gasteiger partial charge on any atom is -0.497 e. The van der Waals surface area contributed by atoms with Crippen molar-refractivity contribution in [3.63, 3.8) is 0 Å². The van der Waals surface area contributed by atoms with E-state index >= 15 is 0 Å². The van der Waals surface area contributed by atoms with Gasteiger partial charge in [-0.1, -0.05) is 42.1 Å². The van der Waals surface area contributed by atoms with E-state index in [0.29, 0.717) is 44.1 Å². The third-order valence-electron chi connectivity index (χ3n) is 7.22. The predicted octanol–water partition coefficient (Wildman–Crippen LogP) is 5.10. The topological polar surface area (TPSA) is 93.7 Å². The third-order valence-corrected chi connectivity index (χ3v) is 8.24. The Morgan fingerprint density at radius 1 is 0.976 bits per heavy atom. The first-order chi connectivity index (χ1) is 20.0. The molecule has 2 aromatic heterocycles. The highest BCUT2D eigenvalue weighted by Gasteiger charge is 2.29. The second-order valence-corrected chi connectivity index (χ2v) is 11.1. The monoisotopic (exact) mass is 573 g/mol. The van der Waals surface area contributed by atoms with Gasteiger partial charge >= 0.3 is 0 Å². The van der Waals surface area contributed by atoms with Gasteiger partial charge in [-0.15, -0.1) is 10.2 Å². The molecule has 1 atom stereocenters. The van der Waals surface area contributed by atoms with Gasteiger partial charge in [-0.3, -0.25) is 14.2 Å². The summed E-state index contributed by atoms with van der Waals surface area (Å²) in [6, 6.07) is 21.2. The van der Waals surface area contributed by atoms with Gasteiger partial charge in [0.25, 0.3) is 0 Å². The number of methoxy groups -OCH3 is 1. The third kappa shape index (κ3) is 7.00. The van der Waals surface area contributed by atoms with Crippen molar-refractivity contribution in [2.75, 3.05) is 32.5 Å². The van der Waals surface area contributed by atoms with E-state index in [1.807, 2.05) is 88.0 Å². The molecule has 2 amide bonds. The Labute approximate surface area is 244 Å². The number of thioether (sulfide) groups is 1. The number of carbonyl (C=O) groups excluding carboxylic acids is 2. The zero-order chi connectivity index (χ0) is 28.6. The molecule has 10 heteroatoms. The number of rotatable bonds is 11. The molecule has 0 radical (unpaired) electrons. The zero-order valence-electron chi connectivity index (χ0n) is 23.4. The van der Waals surface area contributed by atoms with Crippen LogP contribution in [0.3, 0.4) is 0 Å². The van der Waals surface area contributed by atoms with Crippen molar-refractivity contribution in [2.45, 2.75) is 43.8 Å². The highest BCUT2D eigenvalue weighted by atomic mass is 32.2. The van der Waals surface area contributed by atoms with Crippen LogP contribution in [0.15, 0.2) is 82.6 Å². The van der Waals surface area contributed by atoms with Crippen LogP contribution in [0, 0.1) is 0 Å². The molecular weight excluding hydrogens is 538 g/mol. The Morgan fingerprint density at radius 2 is 1.78 bits per heavy atom. The van der Waals surface area contributed by atoms with E-state index < -0.39 is 0 Å². The van der Waals surface area contributed by atoms with E-state index in [9.17, 15) is 9.59 Å². The number of carbonyl (C=O) groups is 2. The fraction of sp³-hybridized carbons (Fsp3) is 0.355. The van der Waals surface area contributed by atoms with Gasteiger partial charge in [-0.05, 0) is 61.7 Å². The number of amides is 2. The van der Waals surface area contributed by atoms with Gasteiger partial charge < -0.3 is 19.0 Å². The van der Waals surface area contributed by atoms with Gasteiger partial charge in [0.15, 0.2) is 10.9 Å². The average molecular weight is 574 g/mol. The normalized spacial score (nSPS) is 15.2. The Balaban J connectivity index is 1.10. The Morgan fingerprint density at radius 3 is 2.49 bits per heavy atom. The summed E-state index contributed by atoms with van der Waals surface area (Å²) >= 11 is 1.61. The molecule has 4 aromatic rings. The summed E-state index contributed by atoms with van der Waals surface area (Å²) < 4.78 is 12.9. The van der Waals surface area contributed by atoms with E-state index in [1.165, 1.54) is 0 Å². The summed E-state index contributed by atoms with van der Waals surface area (Å²) in [6.07, 6.45) is 4.16. The quantitative estimate of drug-likeness (QED) is 0.182. The molecular formula is C31H35N5O4S. The molecule has 1 aliphatic rings. The molecule has 9 nitrogen and oxygen atoms in total. The SMILES string of the molecule is COc1ccc(-n2c(SCCCCC(=O)N3CCN(C(=O)Cc4ccccc4)C(C)C3)nnc2-c2ccco2)cc1. The van der Waals surface area contributed by atoms with E-state index in [1.54, 1.807) is 25.1 Å². The molecule has 2 aromatic carbocycles. The molecule has 1 aliphatic heterocycles. The first kappa shape index (κ1) is 28.5. The molecule has 5 rings (SSSR count). The highest BCUT2D eigenvalue weighted by molar-refractivity contribution is 7.99. The summed E-state index contributed by atoms with van der Waals surface area (Å²) in [4.78, 5) is 29.6. The number of benzene rings is 2. The van der Waals surface area contributed by atoms with Crippen molar-refractivity contribution in [3.05, 3.63) is 78.6 Å². The van der Waals surface area contributed by atoms with Crippen LogP contribution in [0.25, 0.3) is 17.3 Å². The van der Waals surface area contributed by atoms with Gasteiger partial charge in [0.1, 0.15) is 5.75 Å². The van der Waals surface area contributed by atoms with Gasteiger partial charge in [0, 0.05) is 37.8 Å². The summed E-state index contributed by atoms with van der Waals surface area (Å²) in [5.74, 6) is 3.12. The van der Waals surface area contributed by atoms with Crippen LogP contribution in [-0.4, -0.2) is 74.9 Å². The molecule has 0 N–H and O–H groups in total. The van der Waals surface area contributed by atoms with E-state index in [0.717, 1.165) is 40.8 Å². The fourth-order valence-corrected chi connectivity index (χ4v) is 5.97. The molecule has 1 fully saturated rings. The minimum atomic E-state index is 0.00661. The van der Waals surface area contributed by atoms with Crippen LogP contribution in [-0.2, 0) is 16.0 Å². The summed E-state index contributed by atoms with van der Waals surface area (Å²) in [6.45, 7) is 3.76. The molecule has 0 saturated carbocycles. The molecule has 41 heavy (non-hydrogen) atoms. The van der Waals surface area contributed by atoms with Gasteiger partial charge in [0.2, 0.25) is 17.6 Å². The predicted molar refractivity (Wildman–Crippen MR) is 158 cm³/mol. The highest BCUT2D eigenvalue weighted by Crippen LogP contribution is 2.29. The number of ether oxygens (including phenoxy) is 1. The number of aromatic nitrogens is 3. The van der Waals surface area contributed by atoms with Crippen molar-refractivity contribution in [2.24, 2.45) is 0 Å². The van der Waals surface area contributed by atoms with Crippen molar-refractivity contribution in [1.29, 1.82) is 0 Å². The summed E-state index contributed by atoms with van der Waals surface area (Å²) in [5, 5.41) is 9.59. The number of unbranched alkanes of at least 4 members (excludes halogenated alkanes) is 1. The summed E-state index contributed by atoms with van der Waals surface area (Å²) in [7, 11) is 1.64. The lowest BCUT2D eigenvalue weighted by Gasteiger charge is -2.40. The maximum Gasteiger partial charge on any atom is 0.227 e. The molecule has 3 heterocycles. The van der Waals surface area contributed by atoms with E-state index in [-0.39, 0.29) is 17.9 Å². The van der Waals surface area contributed by atoms with Gasteiger partial charge in [0.05, 0.1) is 25.5 Å². The summed E-state index contributed by atoms with van der Waals surface area (Å²) in [5.41, 5.74) is 1.93. The van der Waals surface area contributed by atoms with Crippen LogP contribution in [0.4, 0.5) is 0 Å². The second-order valence-electron chi connectivity index (χ2n) is 10.1. The van der Waals surface area contributed by atoms with Crippen molar-refractivity contribution >= 4 is 23.6 Å². The molecule has 1 saturated heterocycles.